The number of hydrogen-bond acceptors (Lipinski definition) is 1. The van der Waals surface area contributed by atoms with Crippen molar-refractivity contribution < 1.29 is 13.2 Å². The van der Waals surface area contributed by atoms with E-state index in [1.165, 1.54) is 6.07 Å². The molecule has 0 aliphatic carbocycles. The molecule has 0 saturated heterocycles. The largest absolute Gasteiger partial charge is 0.417 e. The molecule has 5 heteroatoms. The van der Waals surface area contributed by atoms with Crippen LogP contribution in [0.15, 0.2) is 18.2 Å². The molecule has 0 aliphatic heterocycles. The van der Waals surface area contributed by atoms with E-state index < -0.39 is 17.8 Å². The molecule has 0 bridgehead atoms. The predicted octanol–water partition coefficient (Wildman–Crippen LogP) is 4.40. The van der Waals surface area contributed by atoms with Crippen molar-refractivity contribution in [1.29, 1.82) is 0 Å². The van der Waals surface area contributed by atoms with Crippen molar-refractivity contribution in [3.63, 3.8) is 0 Å². The Hall–Kier alpha value is -0.740. The van der Waals surface area contributed by atoms with Crippen molar-refractivity contribution in [1.82, 2.24) is 0 Å². The number of rotatable bonds is 3. The van der Waals surface area contributed by atoms with Crippen LogP contribution in [0.3, 0.4) is 0 Å². The minimum absolute atomic E-state index is 0.0796. The van der Waals surface area contributed by atoms with E-state index in [4.69, 9.17) is 17.3 Å². The summed E-state index contributed by atoms with van der Waals surface area (Å²) in [5, 5.41) is -0.284. The zero-order valence-electron chi connectivity index (χ0n) is 9.68. The molecule has 2 N–H and O–H groups in total. The zero-order chi connectivity index (χ0) is 13.2. The molecule has 96 valence electrons. The molecule has 0 saturated carbocycles. The van der Waals surface area contributed by atoms with Gasteiger partial charge in [0.2, 0.25) is 0 Å². The first kappa shape index (κ1) is 14.3. The van der Waals surface area contributed by atoms with E-state index >= 15 is 0 Å². The third kappa shape index (κ3) is 3.13. The fourth-order valence-electron chi connectivity index (χ4n) is 1.59. The highest BCUT2D eigenvalue weighted by Gasteiger charge is 2.34. The topological polar surface area (TPSA) is 26.0 Å². The SMILES string of the molecule is CCC(C)[C@H](N)c1cccc(C(F)(F)F)c1Cl. The van der Waals surface area contributed by atoms with Gasteiger partial charge in [0.15, 0.2) is 0 Å². The monoisotopic (exact) mass is 265 g/mol. The molecule has 0 aromatic heterocycles. The van der Waals surface area contributed by atoms with Gasteiger partial charge in [-0.05, 0) is 17.5 Å². The smallest absolute Gasteiger partial charge is 0.324 e. The zero-order valence-corrected chi connectivity index (χ0v) is 10.4. The Kier molecular flexibility index (Phi) is 4.44. The van der Waals surface area contributed by atoms with Crippen molar-refractivity contribution in [3.05, 3.63) is 34.3 Å². The van der Waals surface area contributed by atoms with Crippen molar-refractivity contribution in [3.8, 4) is 0 Å². The first-order valence-corrected chi connectivity index (χ1v) is 5.78. The van der Waals surface area contributed by atoms with Crippen molar-refractivity contribution in [2.75, 3.05) is 0 Å². The highest BCUT2D eigenvalue weighted by Crippen LogP contribution is 2.38. The quantitative estimate of drug-likeness (QED) is 0.861. The van der Waals surface area contributed by atoms with Crippen molar-refractivity contribution in [2.24, 2.45) is 11.7 Å². The Bertz CT molecular complexity index is 390. The third-order valence-electron chi connectivity index (χ3n) is 2.95. The molecule has 0 radical (unpaired) electrons. The standard InChI is InChI=1S/C12H15ClF3N/c1-3-7(2)11(17)8-5-4-6-9(10(8)13)12(14,15)16/h4-7,11H,3,17H2,1-2H3/t7?,11-/m0/s1. The maximum absolute atomic E-state index is 12.6. The average Bonchev–Trinajstić information content (AvgIpc) is 2.25. The molecule has 0 fully saturated rings. The Morgan fingerprint density at radius 3 is 2.41 bits per heavy atom. The molecule has 1 aromatic rings. The second-order valence-electron chi connectivity index (χ2n) is 4.12. The highest BCUT2D eigenvalue weighted by molar-refractivity contribution is 6.32. The Morgan fingerprint density at radius 1 is 1.35 bits per heavy atom. The fraction of sp³-hybridized carbons (Fsp3) is 0.500. The van der Waals surface area contributed by atoms with Gasteiger partial charge in [-0.25, -0.2) is 0 Å². The van der Waals surface area contributed by atoms with Crippen LogP contribution in [0.1, 0.15) is 37.4 Å². The lowest BCUT2D eigenvalue weighted by atomic mass is 9.92. The molecule has 2 atom stereocenters. The molecule has 0 aliphatic rings. The summed E-state index contributed by atoms with van der Waals surface area (Å²) < 4.78 is 37.9. The van der Waals surface area contributed by atoms with Crippen LogP contribution in [0.25, 0.3) is 0 Å². The summed E-state index contributed by atoms with van der Waals surface area (Å²) in [6.45, 7) is 3.83. The normalized spacial score (nSPS) is 15.7. The molecule has 1 rings (SSSR count). The molecule has 1 unspecified atom stereocenters. The molecule has 1 nitrogen and oxygen atoms in total. The fourth-order valence-corrected chi connectivity index (χ4v) is 1.95. The van der Waals surface area contributed by atoms with Gasteiger partial charge in [-0.2, -0.15) is 13.2 Å². The molecule has 0 amide bonds. The molecule has 17 heavy (non-hydrogen) atoms. The number of nitrogens with two attached hydrogens (primary N) is 1. The van der Waals surface area contributed by atoms with Crippen LogP contribution in [0.2, 0.25) is 5.02 Å². The summed E-state index contributed by atoms with van der Waals surface area (Å²) in [6.07, 6.45) is -3.66. The summed E-state index contributed by atoms with van der Waals surface area (Å²) in [5.74, 6) is 0.0796. The van der Waals surface area contributed by atoms with Crippen LogP contribution in [-0.4, -0.2) is 0 Å². The van der Waals surface area contributed by atoms with Gasteiger partial charge in [-0.3, -0.25) is 0 Å². The molecule has 0 spiro atoms. The van der Waals surface area contributed by atoms with E-state index in [1.807, 2.05) is 13.8 Å². The van der Waals surface area contributed by atoms with Crippen LogP contribution in [0.4, 0.5) is 13.2 Å². The van der Waals surface area contributed by atoms with Crippen LogP contribution >= 0.6 is 11.6 Å². The van der Waals surface area contributed by atoms with Gasteiger partial charge >= 0.3 is 6.18 Å². The van der Waals surface area contributed by atoms with Gasteiger partial charge in [0.1, 0.15) is 0 Å². The number of alkyl halides is 3. The second kappa shape index (κ2) is 5.27. The minimum Gasteiger partial charge on any atom is -0.324 e. The molecular formula is C12H15ClF3N. The third-order valence-corrected chi connectivity index (χ3v) is 3.37. The van der Waals surface area contributed by atoms with E-state index in [0.29, 0.717) is 5.56 Å². The second-order valence-corrected chi connectivity index (χ2v) is 4.50. The summed E-state index contributed by atoms with van der Waals surface area (Å²) in [7, 11) is 0. The average molecular weight is 266 g/mol. The van der Waals surface area contributed by atoms with Crippen LogP contribution in [0.5, 0.6) is 0 Å². The van der Waals surface area contributed by atoms with Gasteiger partial charge in [0.05, 0.1) is 10.6 Å². The molecule has 1 aromatic carbocycles. The summed E-state index contributed by atoms with van der Waals surface area (Å²) in [4.78, 5) is 0. The lowest BCUT2D eigenvalue weighted by molar-refractivity contribution is -0.137. The van der Waals surface area contributed by atoms with E-state index in [9.17, 15) is 13.2 Å². The Morgan fingerprint density at radius 2 is 1.94 bits per heavy atom. The number of benzene rings is 1. The summed E-state index contributed by atoms with van der Waals surface area (Å²) in [5.41, 5.74) is 5.44. The molecule has 0 heterocycles. The lowest BCUT2D eigenvalue weighted by Gasteiger charge is -2.21. The van der Waals surface area contributed by atoms with Crippen molar-refractivity contribution in [2.45, 2.75) is 32.5 Å². The summed E-state index contributed by atoms with van der Waals surface area (Å²) >= 11 is 5.79. The van der Waals surface area contributed by atoms with Crippen LogP contribution in [0, 0.1) is 5.92 Å². The first-order chi connectivity index (χ1) is 7.79. The van der Waals surface area contributed by atoms with E-state index in [0.717, 1.165) is 12.5 Å². The maximum atomic E-state index is 12.6. The van der Waals surface area contributed by atoms with Crippen molar-refractivity contribution >= 4 is 11.6 Å². The van der Waals surface area contributed by atoms with Crippen LogP contribution in [-0.2, 0) is 6.18 Å². The predicted molar refractivity (Wildman–Crippen MR) is 62.8 cm³/mol. The van der Waals surface area contributed by atoms with E-state index in [2.05, 4.69) is 0 Å². The van der Waals surface area contributed by atoms with Gasteiger partial charge in [0, 0.05) is 6.04 Å². The summed E-state index contributed by atoms with van der Waals surface area (Å²) in [6, 6.07) is 3.38. The van der Waals surface area contributed by atoms with Gasteiger partial charge < -0.3 is 5.73 Å². The maximum Gasteiger partial charge on any atom is 0.417 e. The first-order valence-electron chi connectivity index (χ1n) is 5.40. The lowest BCUT2D eigenvalue weighted by Crippen LogP contribution is -2.20. The van der Waals surface area contributed by atoms with E-state index in [1.54, 1.807) is 6.07 Å². The van der Waals surface area contributed by atoms with Gasteiger partial charge in [-0.1, -0.05) is 44.0 Å². The highest BCUT2D eigenvalue weighted by atomic mass is 35.5. The van der Waals surface area contributed by atoms with Gasteiger partial charge in [0.25, 0.3) is 0 Å². The van der Waals surface area contributed by atoms with Gasteiger partial charge in [-0.15, -0.1) is 0 Å². The Labute approximate surface area is 104 Å². The number of halogens is 4. The van der Waals surface area contributed by atoms with Crippen LogP contribution < -0.4 is 5.73 Å². The number of hydrogen-bond donors (Lipinski definition) is 1. The van der Waals surface area contributed by atoms with E-state index in [-0.39, 0.29) is 10.9 Å². The minimum atomic E-state index is -4.44. The Balaban J connectivity index is 3.19. The molecular weight excluding hydrogens is 251 g/mol.